The van der Waals surface area contributed by atoms with Crippen LogP contribution in [0, 0.1) is 29.9 Å². The summed E-state index contributed by atoms with van der Waals surface area (Å²) in [5.74, 6) is 0. The molecule has 0 aromatic carbocycles. The van der Waals surface area contributed by atoms with E-state index in [1.54, 1.807) is 0 Å². The normalized spacial score (nSPS) is 0. The minimum absolute atomic E-state index is 0. The topological polar surface area (TPSA) is 150 Å². The molecule has 0 atom stereocenters. The van der Waals surface area contributed by atoms with E-state index in [4.69, 9.17) is 0 Å². The van der Waals surface area contributed by atoms with Crippen molar-refractivity contribution in [2.45, 2.75) is 0 Å². The van der Waals surface area contributed by atoms with Crippen LogP contribution in [0.25, 0.3) is 0 Å². The fourth-order valence-electron chi connectivity index (χ4n) is 0. The second kappa shape index (κ2) is 204. The Kier molecular flexibility index (Phi) is 11800. The van der Waals surface area contributed by atoms with Gasteiger partial charge in [-0.25, -0.2) is 0 Å². The van der Waals surface area contributed by atoms with E-state index in [-0.39, 0.29) is 57.3 Å². The van der Waals surface area contributed by atoms with Crippen LogP contribution in [0.5, 0.6) is 0 Å². The van der Waals surface area contributed by atoms with E-state index in [1.807, 2.05) is 0 Å². The van der Waals surface area contributed by atoms with Crippen LogP contribution in [-0.4, -0.2) is 27.4 Å². The molecule has 0 saturated carbocycles. The van der Waals surface area contributed by atoms with Gasteiger partial charge < -0.3 is 27.4 Å². The van der Waals surface area contributed by atoms with Crippen LogP contribution in [-0.2, 0) is 0 Å². The minimum Gasteiger partial charge on any atom is -0.870 e. The van der Waals surface area contributed by atoms with Crippen molar-refractivity contribution in [3.8, 4) is 0 Å². The molecule has 0 bridgehead atoms. The Morgan fingerprint density at radius 2 is 0.333 bits per heavy atom. The standard InChI is InChI=1S/Np.5H2O/h;5*1H2/q+5;;;;;/p-5. The molecule has 6 heavy (non-hydrogen) atoms. The zero-order valence-electron chi connectivity index (χ0n) is 2.68. The first-order valence-electron chi connectivity index (χ1n) is 0. The molecule has 0 aromatic heterocycles. The maximum Gasteiger partial charge on any atom is 5.00 e. The van der Waals surface area contributed by atoms with Gasteiger partial charge in [0.15, 0.2) is 0 Å². The summed E-state index contributed by atoms with van der Waals surface area (Å²) < 4.78 is 0. The molecule has 0 unspecified atom stereocenters. The van der Waals surface area contributed by atoms with Gasteiger partial charge in [0.2, 0.25) is 0 Å². The molecule has 5 nitrogen and oxygen atoms in total. The predicted molar refractivity (Wildman–Crippen MR) is 9.68 cm³/mol. The predicted octanol–water partition coefficient (Wildman–Crippen LogP) is -0.884. The van der Waals surface area contributed by atoms with Crippen LogP contribution >= 0.6 is 0 Å². The number of hydrogen-bond acceptors (Lipinski definition) is 5. The molecule has 0 heterocycles. The van der Waals surface area contributed by atoms with Gasteiger partial charge in [-0.1, -0.05) is 0 Å². The van der Waals surface area contributed by atoms with E-state index < -0.39 is 0 Å². The van der Waals surface area contributed by atoms with Gasteiger partial charge in [-0.2, -0.15) is 0 Å². The van der Waals surface area contributed by atoms with E-state index in [1.165, 1.54) is 0 Å². The van der Waals surface area contributed by atoms with Gasteiger partial charge in [0.25, 0.3) is 0 Å². The van der Waals surface area contributed by atoms with Crippen LogP contribution in [0.2, 0.25) is 0 Å². The van der Waals surface area contributed by atoms with E-state index in [0.717, 1.165) is 0 Å². The summed E-state index contributed by atoms with van der Waals surface area (Å²) in [5, 5.41) is 0. The van der Waals surface area contributed by atoms with Gasteiger partial charge in [0.1, 0.15) is 0 Å². The summed E-state index contributed by atoms with van der Waals surface area (Å²) in [6.07, 6.45) is 0. The molecule has 0 spiro atoms. The van der Waals surface area contributed by atoms with Crippen molar-refractivity contribution in [3.63, 3.8) is 0 Å². The molecular formula is H5NpO5. The van der Waals surface area contributed by atoms with Crippen molar-refractivity contribution in [2.24, 2.45) is 0 Å². The third-order valence-corrected chi connectivity index (χ3v) is 0. The molecule has 0 aromatic rings. The van der Waals surface area contributed by atoms with Crippen LogP contribution in [0.1, 0.15) is 0 Å². The van der Waals surface area contributed by atoms with Crippen molar-refractivity contribution in [2.75, 3.05) is 0 Å². The van der Waals surface area contributed by atoms with Crippen molar-refractivity contribution < 1.29 is 57.3 Å². The molecule has 0 aliphatic rings. The average Bonchev–Trinajstić information content (AvgIpc) is 0. The molecule has 0 aliphatic carbocycles. The fourth-order valence-corrected chi connectivity index (χ4v) is 0. The zero-order chi connectivity index (χ0) is 0. The Balaban J connectivity index is 0. The monoisotopic (exact) mass is 321 g/mol. The van der Waals surface area contributed by atoms with Crippen molar-refractivity contribution in [1.82, 2.24) is 0 Å². The largest absolute Gasteiger partial charge is 5.00 e. The summed E-state index contributed by atoms with van der Waals surface area (Å²) >= 11 is 0. The smallest absolute Gasteiger partial charge is 0.870 e. The molecule has 40 valence electrons. The summed E-state index contributed by atoms with van der Waals surface area (Å²) in [4.78, 5) is 0. The minimum atomic E-state index is 0. The third-order valence-electron chi connectivity index (χ3n) is 0. The summed E-state index contributed by atoms with van der Waals surface area (Å²) in [7, 11) is 0. The van der Waals surface area contributed by atoms with Crippen molar-refractivity contribution in [1.29, 1.82) is 0 Å². The molecule has 0 aliphatic heterocycles. The van der Waals surface area contributed by atoms with Gasteiger partial charge >= 0.3 is 29.9 Å². The number of rotatable bonds is 0. The first-order chi connectivity index (χ1) is 0. The number of hydrogen-bond donors (Lipinski definition) is 0. The SMILES string of the molecule is [Np+5].[OH-].[OH-].[OH-].[OH-].[OH-]. The Bertz CT molecular complexity index is 3.90. The zero-order valence-corrected chi connectivity index (χ0v) is 6.41. The van der Waals surface area contributed by atoms with Crippen LogP contribution < -0.4 is 0 Å². The molecule has 0 rings (SSSR count). The van der Waals surface area contributed by atoms with Gasteiger partial charge in [-0.15, -0.1) is 0 Å². The van der Waals surface area contributed by atoms with Gasteiger partial charge in [-0.05, 0) is 0 Å². The van der Waals surface area contributed by atoms with Crippen LogP contribution in [0.4, 0.5) is 0 Å². The third kappa shape index (κ3) is 106. The first kappa shape index (κ1) is 348. The summed E-state index contributed by atoms with van der Waals surface area (Å²) in [6, 6.07) is 0. The Morgan fingerprint density at radius 3 is 0.333 bits per heavy atom. The second-order valence-corrected chi connectivity index (χ2v) is 0. The maximum atomic E-state index is 0. The van der Waals surface area contributed by atoms with Crippen LogP contribution in [0.15, 0.2) is 0 Å². The molecule has 0 fully saturated rings. The Labute approximate surface area is 57.5 Å². The molecular weight excluding hydrogens is 317 g/mol. The molecule has 5 N–H and O–H groups in total. The summed E-state index contributed by atoms with van der Waals surface area (Å²) in [5.41, 5.74) is 0. The molecule has 0 amide bonds. The van der Waals surface area contributed by atoms with Gasteiger partial charge in [-0.3, -0.25) is 0 Å². The Hall–Kier alpha value is 0.813. The molecule has 0 radical (unpaired) electrons. The Morgan fingerprint density at radius 1 is 0.333 bits per heavy atom. The van der Waals surface area contributed by atoms with Crippen molar-refractivity contribution >= 4 is 0 Å². The molecule has 0 saturated heterocycles. The average molecular weight is 322 g/mol. The van der Waals surface area contributed by atoms with Crippen molar-refractivity contribution in [3.05, 3.63) is 0 Å². The van der Waals surface area contributed by atoms with Gasteiger partial charge in [0, 0.05) is 0 Å². The van der Waals surface area contributed by atoms with E-state index >= 15 is 0 Å². The summed E-state index contributed by atoms with van der Waals surface area (Å²) in [6.45, 7) is 0. The van der Waals surface area contributed by atoms with E-state index in [2.05, 4.69) is 0 Å². The van der Waals surface area contributed by atoms with Crippen LogP contribution in [0.3, 0.4) is 0 Å². The fraction of sp³-hybridized carbons (Fsp3) is 0. The molecule has 6 heteroatoms. The second-order valence-electron chi connectivity index (χ2n) is 0. The first-order valence-corrected chi connectivity index (χ1v) is 0. The van der Waals surface area contributed by atoms with E-state index in [0.29, 0.717) is 0 Å². The quantitative estimate of drug-likeness (QED) is 0.567. The van der Waals surface area contributed by atoms with E-state index in [9.17, 15) is 0 Å². The maximum absolute atomic E-state index is 0. The van der Waals surface area contributed by atoms with Gasteiger partial charge in [0.05, 0.1) is 0 Å².